The first-order valence-corrected chi connectivity index (χ1v) is 7.01. The Bertz CT molecular complexity index is 497. The van der Waals surface area contributed by atoms with Crippen molar-refractivity contribution in [3.63, 3.8) is 0 Å². The van der Waals surface area contributed by atoms with Gasteiger partial charge in [0.05, 0.1) is 0 Å². The van der Waals surface area contributed by atoms with Crippen molar-refractivity contribution < 1.29 is 0 Å². The number of fused-ring (bicyclic) bond motifs is 1. The fourth-order valence-electron chi connectivity index (χ4n) is 2.47. The van der Waals surface area contributed by atoms with Crippen molar-refractivity contribution >= 4 is 30.7 Å². The molecule has 0 saturated heterocycles. The van der Waals surface area contributed by atoms with Gasteiger partial charge in [-0.25, -0.2) is 0 Å². The zero-order valence-corrected chi connectivity index (χ0v) is 12.9. The maximum absolute atomic E-state index is 2.38. The van der Waals surface area contributed by atoms with Crippen LogP contribution in [0.25, 0.3) is 11.1 Å². The molecule has 0 aromatic rings. The molecule has 16 heavy (non-hydrogen) atoms. The van der Waals surface area contributed by atoms with Gasteiger partial charge in [-0.15, -0.1) is 0 Å². The van der Waals surface area contributed by atoms with Crippen LogP contribution in [0.15, 0.2) is 24.3 Å². The van der Waals surface area contributed by atoms with Crippen molar-refractivity contribution in [2.24, 2.45) is 0 Å². The van der Waals surface area contributed by atoms with E-state index in [9.17, 15) is 0 Å². The molecular formula is C15H17Na. The topological polar surface area (TPSA) is 0 Å². The van der Waals surface area contributed by atoms with Gasteiger partial charge < -0.3 is 0 Å². The monoisotopic (exact) mass is 220 g/mol. The molecule has 78 valence electrons. The number of hydrogen-bond donors (Lipinski definition) is 0. The Hall–Kier alpha value is -0.300. The molecule has 0 saturated carbocycles. The van der Waals surface area contributed by atoms with Gasteiger partial charge >= 0.3 is 116 Å². The van der Waals surface area contributed by atoms with Gasteiger partial charge in [-0.1, -0.05) is 0 Å². The number of rotatable bonds is 1. The van der Waals surface area contributed by atoms with E-state index in [-0.39, 0.29) is 0 Å². The summed E-state index contributed by atoms with van der Waals surface area (Å²) in [7, 11) is 0. The van der Waals surface area contributed by atoms with E-state index in [2.05, 4.69) is 52.0 Å². The van der Waals surface area contributed by atoms with Gasteiger partial charge in [0.25, 0.3) is 0 Å². The van der Waals surface area contributed by atoms with Crippen LogP contribution in [0, 0.1) is 13.8 Å². The van der Waals surface area contributed by atoms with Crippen molar-refractivity contribution in [3.05, 3.63) is 41.0 Å². The Morgan fingerprint density at radius 1 is 1.00 bits per heavy atom. The van der Waals surface area contributed by atoms with Crippen LogP contribution >= 0.6 is 0 Å². The predicted molar refractivity (Wildman–Crippen MR) is 72.0 cm³/mol. The van der Waals surface area contributed by atoms with Crippen LogP contribution < -0.4 is 2.81 Å². The summed E-state index contributed by atoms with van der Waals surface area (Å²) in [5, 5.41) is 0. The van der Waals surface area contributed by atoms with Crippen molar-refractivity contribution in [2.75, 3.05) is 0 Å². The van der Waals surface area contributed by atoms with Gasteiger partial charge in [-0.3, -0.25) is 0 Å². The van der Waals surface area contributed by atoms with Gasteiger partial charge in [-0.05, 0) is 0 Å². The molecule has 0 fully saturated rings. The van der Waals surface area contributed by atoms with E-state index in [0.29, 0.717) is 5.92 Å². The standard InChI is InChI=1S/C15H17.Na/c1-10(2)13-7-5-11(3)14-8-6-12(4)15(14)9-13;/h5-7,9-10H,1-4H3;. The summed E-state index contributed by atoms with van der Waals surface area (Å²) >= 11 is 1.14. The number of aryl methyl sites for hydroxylation is 2. The summed E-state index contributed by atoms with van der Waals surface area (Å²) in [6.07, 6.45) is 0. The molecule has 0 atom stereocenters. The molecule has 0 radical (unpaired) electrons. The molecule has 0 spiro atoms. The first-order chi connectivity index (χ1) is 7.50. The fraction of sp³-hybridized carbons (Fsp3) is 0.333. The molecule has 2 aliphatic carbocycles. The fourth-order valence-corrected chi connectivity index (χ4v) is 3.57. The van der Waals surface area contributed by atoms with Crippen LogP contribution in [0.4, 0.5) is 0 Å². The first kappa shape index (κ1) is 12.2. The average molecular weight is 220 g/mol. The molecule has 0 N–H and O–H groups in total. The zero-order valence-electron chi connectivity index (χ0n) is 10.9. The molecule has 0 heterocycles. The zero-order chi connectivity index (χ0) is 11.9. The van der Waals surface area contributed by atoms with Crippen molar-refractivity contribution in [1.82, 2.24) is 0 Å². The summed E-state index contributed by atoms with van der Waals surface area (Å²) in [6, 6.07) is 9.29. The van der Waals surface area contributed by atoms with E-state index in [0.717, 1.165) is 27.9 Å². The SMILES string of the molecule is Cc1c[c]([Na])c2c(C)ccc(C(C)C)cc1-2. The van der Waals surface area contributed by atoms with E-state index in [4.69, 9.17) is 0 Å². The second-order valence-corrected chi connectivity index (χ2v) is 6.19. The van der Waals surface area contributed by atoms with E-state index in [1.807, 2.05) is 0 Å². The Morgan fingerprint density at radius 2 is 1.69 bits per heavy atom. The summed E-state index contributed by atoms with van der Waals surface area (Å²) in [5.41, 5.74) is 7.24. The van der Waals surface area contributed by atoms with Crippen molar-refractivity contribution in [1.29, 1.82) is 0 Å². The molecule has 0 nitrogen and oxygen atoms in total. The normalized spacial score (nSPS) is 11.4. The van der Waals surface area contributed by atoms with Crippen molar-refractivity contribution in [3.8, 4) is 11.1 Å². The van der Waals surface area contributed by atoms with Gasteiger partial charge in [0, 0.05) is 0 Å². The van der Waals surface area contributed by atoms with Crippen LogP contribution in [0.3, 0.4) is 0 Å². The first-order valence-electron chi connectivity index (χ1n) is 6.01. The third-order valence-electron chi connectivity index (χ3n) is 3.42. The van der Waals surface area contributed by atoms with Crippen LogP contribution in [0.2, 0.25) is 0 Å². The van der Waals surface area contributed by atoms with E-state index >= 15 is 0 Å². The molecule has 0 amide bonds. The maximum atomic E-state index is 2.38. The molecule has 0 aliphatic heterocycles. The molecule has 1 heteroatoms. The molecule has 0 unspecified atom stereocenters. The molecular weight excluding hydrogens is 203 g/mol. The van der Waals surface area contributed by atoms with Crippen LogP contribution in [-0.4, -0.2) is 27.9 Å². The second kappa shape index (κ2) is 4.52. The van der Waals surface area contributed by atoms with Crippen LogP contribution in [0.1, 0.15) is 36.5 Å². The summed E-state index contributed by atoms with van der Waals surface area (Å²) < 4.78 is 1.54. The van der Waals surface area contributed by atoms with E-state index in [1.165, 1.54) is 30.6 Å². The Morgan fingerprint density at radius 3 is 2.31 bits per heavy atom. The van der Waals surface area contributed by atoms with Gasteiger partial charge in [-0.2, -0.15) is 0 Å². The van der Waals surface area contributed by atoms with Crippen LogP contribution in [0.5, 0.6) is 0 Å². The van der Waals surface area contributed by atoms with Gasteiger partial charge in [0.1, 0.15) is 0 Å². The Labute approximate surface area is 116 Å². The summed E-state index contributed by atoms with van der Waals surface area (Å²) in [5.74, 6) is 0.599. The quantitative estimate of drug-likeness (QED) is 0.647. The Kier molecular flexibility index (Phi) is 3.44. The average Bonchev–Trinajstić information content (AvgIpc) is 2.39. The van der Waals surface area contributed by atoms with Crippen LogP contribution in [-0.2, 0) is 0 Å². The van der Waals surface area contributed by atoms with Crippen molar-refractivity contribution in [2.45, 2.75) is 33.6 Å². The third kappa shape index (κ3) is 2.07. The molecule has 0 aromatic carbocycles. The molecule has 0 aromatic heterocycles. The van der Waals surface area contributed by atoms with Gasteiger partial charge in [0.2, 0.25) is 0 Å². The number of hydrogen-bond acceptors (Lipinski definition) is 0. The molecule has 2 aliphatic rings. The van der Waals surface area contributed by atoms with Gasteiger partial charge in [0.15, 0.2) is 0 Å². The third-order valence-corrected chi connectivity index (χ3v) is 4.21. The molecule has 0 bridgehead atoms. The van der Waals surface area contributed by atoms with E-state index < -0.39 is 0 Å². The Balaban J connectivity index is 2.77. The predicted octanol–water partition coefficient (Wildman–Crippen LogP) is 3.33. The second-order valence-electron chi connectivity index (χ2n) is 5.11. The summed E-state index contributed by atoms with van der Waals surface area (Å²) in [6.45, 7) is 8.98. The minimum atomic E-state index is 0.599. The van der Waals surface area contributed by atoms with E-state index in [1.54, 1.807) is 0 Å². The molecule has 2 rings (SSSR count). The summed E-state index contributed by atoms with van der Waals surface area (Å²) in [4.78, 5) is 0. The minimum absolute atomic E-state index is 0.599.